The molecule has 0 fully saturated rings. The van der Waals surface area contributed by atoms with E-state index in [2.05, 4.69) is 4.74 Å². The Morgan fingerprint density at radius 2 is 2.33 bits per heavy atom. The van der Waals surface area contributed by atoms with E-state index in [9.17, 15) is 4.79 Å². The fourth-order valence-electron chi connectivity index (χ4n) is 0.933. The van der Waals surface area contributed by atoms with Crippen molar-refractivity contribution in [3.8, 4) is 0 Å². The minimum atomic E-state index is -0.431. The number of hydrogen-bond acceptors (Lipinski definition) is 4. The number of hydrogen-bond donors (Lipinski definition) is 2. The van der Waals surface area contributed by atoms with Gasteiger partial charge in [-0.25, -0.2) is 4.79 Å². The van der Waals surface area contributed by atoms with Crippen LogP contribution in [-0.2, 0) is 11.8 Å². The van der Waals surface area contributed by atoms with E-state index >= 15 is 0 Å². The van der Waals surface area contributed by atoms with Crippen molar-refractivity contribution in [1.82, 2.24) is 4.57 Å². The van der Waals surface area contributed by atoms with Crippen LogP contribution < -0.4 is 5.48 Å². The van der Waals surface area contributed by atoms with E-state index in [-0.39, 0.29) is 0 Å². The zero-order valence-electron chi connectivity index (χ0n) is 6.87. The van der Waals surface area contributed by atoms with Crippen LogP contribution in [0, 0.1) is 0 Å². The topological polar surface area (TPSA) is 63.5 Å². The van der Waals surface area contributed by atoms with Crippen LogP contribution in [0.3, 0.4) is 0 Å². The molecule has 0 aliphatic rings. The zero-order valence-corrected chi connectivity index (χ0v) is 6.87. The molecule has 66 valence electrons. The Morgan fingerprint density at radius 3 is 2.75 bits per heavy atom. The fraction of sp³-hybridized carbons (Fsp3) is 0.286. The number of carbonyl (C=O) groups is 1. The molecule has 0 spiro atoms. The summed E-state index contributed by atoms with van der Waals surface area (Å²) in [6, 6.07) is 3.14. The van der Waals surface area contributed by atoms with Gasteiger partial charge in [-0.2, -0.15) is 0 Å². The largest absolute Gasteiger partial charge is 0.464 e. The Kier molecular flexibility index (Phi) is 2.35. The van der Waals surface area contributed by atoms with E-state index in [0.29, 0.717) is 11.5 Å². The summed E-state index contributed by atoms with van der Waals surface area (Å²) in [6.07, 6.45) is 0. The molecule has 0 unspecified atom stereocenters. The molecule has 0 atom stereocenters. The van der Waals surface area contributed by atoms with Gasteiger partial charge in [-0.3, -0.25) is 10.7 Å². The summed E-state index contributed by atoms with van der Waals surface area (Å²) in [4.78, 5) is 11.0. The van der Waals surface area contributed by atoms with Crippen molar-refractivity contribution >= 4 is 11.8 Å². The maximum atomic E-state index is 11.0. The molecule has 5 nitrogen and oxygen atoms in total. The molecule has 0 saturated carbocycles. The highest BCUT2D eigenvalue weighted by molar-refractivity contribution is 5.88. The summed E-state index contributed by atoms with van der Waals surface area (Å²) in [6.45, 7) is 0. The summed E-state index contributed by atoms with van der Waals surface area (Å²) in [5, 5.41) is 8.56. The average molecular weight is 170 g/mol. The van der Waals surface area contributed by atoms with E-state index in [1.807, 2.05) is 5.48 Å². The minimum absolute atomic E-state index is 0.383. The molecular weight excluding hydrogens is 160 g/mol. The van der Waals surface area contributed by atoms with Crippen molar-refractivity contribution in [2.75, 3.05) is 12.6 Å². The molecule has 1 heterocycles. The lowest BCUT2D eigenvalue weighted by atomic mass is 10.4. The number of aromatic nitrogens is 1. The van der Waals surface area contributed by atoms with Gasteiger partial charge in [0.25, 0.3) is 0 Å². The molecule has 12 heavy (non-hydrogen) atoms. The maximum Gasteiger partial charge on any atom is 0.354 e. The monoisotopic (exact) mass is 170 g/mol. The Labute approximate surface area is 69.5 Å². The summed E-state index contributed by atoms with van der Waals surface area (Å²) < 4.78 is 6.00. The summed E-state index contributed by atoms with van der Waals surface area (Å²) in [5.41, 5.74) is 2.33. The molecule has 0 aliphatic carbocycles. The number of anilines is 1. The molecule has 0 aromatic carbocycles. The number of methoxy groups -OCH3 is 1. The number of rotatable bonds is 2. The number of nitrogens with zero attached hydrogens (tertiary/aromatic N) is 1. The molecule has 0 aliphatic heterocycles. The summed E-state index contributed by atoms with van der Waals surface area (Å²) in [7, 11) is 2.95. The average Bonchev–Trinajstić information content (AvgIpc) is 2.45. The van der Waals surface area contributed by atoms with Gasteiger partial charge in [0.2, 0.25) is 0 Å². The van der Waals surface area contributed by atoms with E-state index in [4.69, 9.17) is 5.21 Å². The van der Waals surface area contributed by atoms with Gasteiger partial charge >= 0.3 is 5.97 Å². The lowest BCUT2D eigenvalue weighted by Crippen LogP contribution is -2.09. The van der Waals surface area contributed by atoms with Crippen molar-refractivity contribution in [3.63, 3.8) is 0 Å². The number of nitrogens with one attached hydrogen (secondary N) is 1. The van der Waals surface area contributed by atoms with Crippen LogP contribution in [0.25, 0.3) is 0 Å². The van der Waals surface area contributed by atoms with Gasteiger partial charge in [0.1, 0.15) is 11.5 Å². The highest BCUT2D eigenvalue weighted by Gasteiger charge is 2.11. The Balaban J connectivity index is 3.02. The van der Waals surface area contributed by atoms with E-state index in [0.717, 1.165) is 0 Å². The lowest BCUT2D eigenvalue weighted by molar-refractivity contribution is 0.0590. The van der Waals surface area contributed by atoms with Crippen LogP contribution in [0.4, 0.5) is 5.82 Å². The van der Waals surface area contributed by atoms with Gasteiger partial charge in [0, 0.05) is 7.05 Å². The Hall–Kier alpha value is -1.49. The van der Waals surface area contributed by atoms with E-state index in [1.165, 1.54) is 11.7 Å². The van der Waals surface area contributed by atoms with Gasteiger partial charge in [-0.15, -0.1) is 0 Å². The van der Waals surface area contributed by atoms with Crippen molar-refractivity contribution in [3.05, 3.63) is 17.8 Å². The fourth-order valence-corrected chi connectivity index (χ4v) is 0.933. The SMILES string of the molecule is COC(=O)c1ccc(NO)n1C. The first kappa shape index (κ1) is 8.61. The van der Waals surface area contributed by atoms with Crippen LogP contribution in [-0.4, -0.2) is 22.9 Å². The van der Waals surface area contributed by atoms with E-state index < -0.39 is 5.97 Å². The first-order valence-electron chi connectivity index (χ1n) is 3.35. The molecule has 1 aromatic heterocycles. The molecule has 0 bridgehead atoms. The molecule has 1 rings (SSSR count). The third kappa shape index (κ3) is 1.26. The Morgan fingerprint density at radius 1 is 1.67 bits per heavy atom. The van der Waals surface area contributed by atoms with Crippen LogP contribution in [0.5, 0.6) is 0 Å². The van der Waals surface area contributed by atoms with Crippen LogP contribution in [0.2, 0.25) is 0 Å². The third-order valence-electron chi connectivity index (χ3n) is 1.63. The van der Waals surface area contributed by atoms with E-state index in [1.54, 1.807) is 19.2 Å². The van der Waals surface area contributed by atoms with Gasteiger partial charge < -0.3 is 9.30 Å². The van der Waals surface area contributed by atoms with Crippen LogP contribution >= 0.6 is 0 Å². The van der Waals surface area contributed by atoms with Crippen LogP contribution in [0.15, 0.2) is 12.1 Å². The second-order valence-corrected chi connectivity index (χ2v) is 2.27. The maximum absolute atomic E-state index is 11.0. The predicted molar refractivity (Wildman–Crippen MR) is 42.2 cm³/mol. The third-order valence-corrected chi connectivity index (χ3v) is 1.63. The molecule has 5 heteroatoms. The standard InChI is InChI=1S/C7H10N2O3/c1-9-5(7(10)12-2)3-4-6(9)8-11/h3-4,8,11H,1-2H3. The van der Waals surface area contributed by atoms with Crippen molar-refractivity contribution in [1.29, 1.82) is 0 Å². The van der Waals surface area contributed by atoms with Crippen LogP contribution in [0.1, 0.15) is 10.5 Å². The summed E-state index contributed by atoms with van der Waals surface area (Å²) >= 11 is 0. The smallest absolute Gasteiger partial charge is 0.354 e. The highest BCUT2D eigenvalue weighted by Crippen LogP contribution is 2.11. The molecule has 0 amide bonds. The van der Waals surface area contributed by atoms with Gasteiger partial charge in [0.15, 0.2) is 0 Å². The first-order valence-corrected chi connectivity index (χ1v) is 3.35. The predicted octanol–water partition coefficient (Wildman–Crippen LogP) is 0.613. The number of ether oxygens (including phenoxy) is 1. The normalized spacial score (nSPS) is 9.58. The van der Waals surface area contributed by atoms with Gasteiger partial charge in [-0.05, 0) is 12.1 Å². The minimum Gasteiger partial charge on any atom is -0.464 e. The number of esters is 1. The molecule has 2 N–H and O–H groups in total. The van der Waals surface area contributed by atoms with Gasteiger partial charge in [-0.1, -0.05) is 0 Å². The summed E-state index contributed by atoms with van der Waals surface area (Å²) in [5.74, 6) is 0.00870. The van der Waals surface area contributed by atoms with Crippen molar-refractivity contribution < 1.29 is 14.7 Å². The van der Waals surface area contributed by atoms with Gasteiger partial charge in [0.05, 0.1) is 7.11 Å². The molecule has 1 aromatic rings. The second kappa shape index (κ2) is 3.27. The lowest BCUT2D eigenvalue weighted by Gasteiger charge is -2.03. The molecule has 0 radical (unpaired) electrons. The zero-order chi connectivity index (χ0) is 9.14. The number of carbonyl (C=O) groups excluding carboxylic acids is 1. The first-order chi connectivity index (χ1) is 5.70. The molecular formula is C7H10N2O3. The second-order valence-electron chi connectivity index (χ2n) is 2.27. The highest BCUT2D eigenvalue weighted by atomic mass is 16.5. The molecule has 0 saturated heterocycles. The Bertz CT molecular complexity index is 293. The van der Waals surface area contributed by atoms with Crippen molar-refractivity contribution in [2.24, 2.45) is 7.05 Å². The van der Waals surface area contributed by atoms with Crippen molar-refractivity contribution in [2.45, 2.75) is 0 Å². The quantitative estimate of drug-likeness (QED) is 0.504.